The Kier molecular flexibility index (Phi) is 4.06. The molecule has 0 radical (unpaired) electrons. The van der Waals surface area contributed by atoms with Crippen LogP contribution in [0.3, 0.4) is 0 Å². The highest BCUT2D eigenvalue weighted by Gasteiger charge is 2.19. The maximum absolute atomic E-state index is 10.0. The molecule has 4 nitrogen and oxygen atoms in total. The zero-order chi connectivity index (χ0) is 13.0. The third kappa shape index (κ3) is 2.57. The minimum atomic E-state index is 0.115. The van der Waals surface area contributed by atoms with Crippen molar-refractivity contribution in [2.75, 3.05) is 37.6 Å². The van der Waals surface area contributed by atoms with E-state index in [4.69, 9.17) is 5.26 Å². The van der Waals surface area contributed by atoms with Gasteiger partial charge in [-0.05, 0) is 25.1 Å². The van der Waals surface area contributed by atoms with Crippen molar-refractivity contribution in [2.24, 2.45) is 0 Å². The van der Waals surface area contributed by atoms with E-state index in [0.29, 0.717) is 5.56 Å². The number of benzene rings is 1. The number of rotatable bonds is 3. The van der Waals surface area contributed by atoms with Crippen LogP contribution in [0.15, 0.2) is 18.2 Å². The van der Waals surface area contributed by atoms with Gasteiger partial charge in [0.05, 0.1) is 11.3 Å². The zero-order valence-electron chi connectivity index (χ0n) is 10.8. The minimum absolute atomic E-state index is 0.115. The molecule has 0 unspecified atom stereocenters. The van der Waals surface area contributed by atoms with Crippen molar-refractivity contribution in [2.45, 2.75) is 13.3 Å². The van der Waals surface area contributed by atoms with Gasteiger partial charge in [-0.25, -0.2) is 0 Å². The van der Waals surface area contributed by atoms with Gasteiger partial charge in [0, 0.05) is 26.2 Å². The molecule has 0 aliphatic carbocycles. The first kappa shape index (κ1) is 12.7. The lowest BCUT2D eigenvalue weighted by Gasteiger charge is -2.36. The van der Waals surface area contributed by atoms with E-state index in [-0.39, 0.29) is 5.75 Å². The van der Waals surface area contributed by atoms with Crippen LogP contribution in [0.2, 0.25) is 0 Å². The molecule has 1 aliphatic heterocycles. The maximum atomic E-state index is 10.0. The van der Waals surface area contributed by atoms with Crippen molar-refractivity contribution in [3.63, 3.8) is 0 Å². The summed E-state index contributed by atoms with van der Waals surface area (Å²) in [6.07, 6.45) is 1.18. The van der Waals surface area contributed by atoms with Crippen LogP contribution in [0.4, 0.5) is 5.69 Å². The second-order valence-electron chi connectivity index (χ2n) is 4.61. The molecule has 18 heavy (non-hydrogen) atoms. The molecule has 1 N–H and O–H groups in total. The van der Waals surface area contributed by atoms with Gasteiger partial charge in [-0.1, -0.05) is 13.0 Å². The topological polar surface area (TPSA) is 50.5 Å². The van der Waals surface area contributed by atoms with Crippen molar-refractivity contribution in [1.29, 1.82) is 5.26 Å². The molecular weight excluding hydrogens is 226 g/mol. The highest BCUT2D eigenvalue weighted by atomic mass is 16.3. The molecule has 0 aromatic heterocycles. The molecule has 1 heterocycles. The lowest BCUT2D eigenvalue weighted by atomic mass is 10.1. The summed E-state index contributed by atoms with van der Waals surface area (Å²) in [6.45, 7) is 7.17. The van der Waals surface area contributed by atoms with Crippen LogP contribution in [0.1, 0.15) is 18.9 Å². The average Bonchev–Trinajstić information content (AvgIpc) is 2.41. The predicted molar refractivity (Wildman–Crippen MR) is 71.8 cm³/mol. The average molecular weight is 245 g/mol. The van der Waals surface area contributed by atoms with Crippen LogP contribution in [-0.4, -0.2) is 42.7 Å². The maximum Gasteiger partial charge on any atom is 0.156 e. The predicted octanol–water partition coefficient (Wildman–Crippen LogP) is 1.80. The fourth-order valence-corrected chi connectivity index (χ4v) is 2.41. The molecule has 0 atom stereocenters. The fraction of sp³-hybridized carbons (Fsp3) is 0.500. The van der Waals surface area contributed by atoms with Gasteiger partial charge in [-0.15, -0.1) is 0 Å². The van der Waals surface area contributed by atoms with Gasteiger partial charge in [0.15, 0.2) is 5.75 Å². The van der Waals surface area contributed by atoms with Gasteiger partial charge in [0.1, 0.15) is 6.07 Å². The number of nitrogens with zero attached hydrogens (tertiary/aromatic N) is 3. The molecule has 1 saturated heterocycles. The lowest BCUT2D eigenvalue weighted by molar-refractivity contribution is 0.258. The number of hydrogen-bond acceptors (Lipinski definition) is 4. The molecule has 4 heteroatoms. The summed E-state index contributed by atoms with van der Waals surface area (Å²) in [4.78, 5) is 4.59. The van der Waals surface area contributed by atoms with E-state index in [1.54, 1.807) is 6.07 Å². The summed E-state index contributed by atoms with van der Waals surface area (Å²) in [5.74, 6) is 0.115. The Bertz CT molecular complexity index is 445. The summed E-state index contributed by atoms with van der Waals surface area (Å²) >= 11 is 0. The van der Waals surface area contributed by atoms with Crippen LogP contribution in [0.25, 0.3) is 0 Å². The van der Waals surface area contributed by atoms with Crippen LogP contribution in [0.5, 0.6) is 5.75 Å². The summed E-state index contributed by atoms with van der Waals surface area (Å²) in [6, 6.07) is 7.37. The number of piperazine rings is 1. The van der Waals surface area contributed by atoms with Crippen molar-refractivity contribution >= 4 is 5.69 Å². The van der Waals surface area contributed by atoms with Gasteiger partial charge >= 0.3 is 0 Å². The SMILES string of the molecule is CCCN1CCN(c2cccc(C#N)c2O)CC1. The zero-order valence-corrected chi connectivity index (χ0v) is 10.8. The first-order valence-corrected chi connectivity index (χ1v) is 6.45. The van der Waals surface area contributed by atoms with Gasteiger partial charge in [0.2, 0.25) is 0 Å². The molecule has 1 aromatic carbocycles. The molecule has 1 aromatic rings. The van der Waals surface area contributed by atoms with Crippen LogP contribution in [0, 0.1) is 11.3 Å². The van der Waals surface area contributed by atoms with E-state index in [9.17, 15) is 5.11 Å². The third-order valence-corrected chi connectivity index (χ3v) is 3.39. The standard InChI is InChI=1S/C14H19N3O/c1-2-6-16-7-9-17(10-8-16)13-5-3-4-12(11-15)14(13)18/h3-5,18H,2,6-10H2,1H3. The number of para-hydroxylation sites is 1. The van der Waals surface area contributed by atoms with Crippen LogP contribution < -0.4 is 4.90 Å². The largest absolute Gasteiger partial charge is 0.504 e. The summed E-state index contributed by atoms with van der Waals surface area (Å²) < 4.78 is 0. The summed E-state index contributed by atoms with van der Waals surface area (Å²) in [7, 11) is 0. The molecule has 0 amide bonds. The Labute approximate surface area is 108 Å². The Morgan fingerprint density at radius 3 is 2.61 bits per heavy atom. The normalized spacial score (nSPS) is 16.6. The van der Waals surface area contributed by atoms with Crippen molar-refractivity contribution in [3.05, 3.63) is 23.8 Å². The molecule has 1 aliphatic rings. The van der Waals surface area contributed by atoms with Crippen LogP contribution >= 0.6 is 0 Å². The Balaban J connectivity index is 2.08. The highest BCUT2D eigenvalue weighted by Crippen LogP contribution is 2.30. The number of aromatic hydroxyl groups is 1. The number of anilines is 1. The highest BCUT2D eigenvalue weighted by molar-refractivity contribution is 5.64. The van der Waals surface area contributed by atoms with E-state index < -0.39 is 0 Å². The molecule has 0 bridgehead atoms. The van der Waals surface area contributed by atoms with Crippen molar-refractivity contribution in [3.8, 4) is 11.8 Å². The first-order valence-electron chi connectivity index (χ1n) is 6.45. The van der Waals surface area contributed by atoms with Gasteiger partial charge in [0.25, 0.3) is 0 Å². The van der Waals surface area contributed by atoms with E-state index in [1.807, 2.05) is 18.2 Å². The summed E-state index contributed by atoms with van der Waals surface area (Å²) in [5, 5.41) is 18.9. The number of hydrogen-bond donors (Lipinski definition) is 1. The van der Waals surface area contributed by atoms with Crippen LogP contribution in [-0.2, 0) is 0 Å². The molecule has 0 saturated carbocycles. The van der Waals surface area contributed by atoms with E-state index in [2.05, 4.69) is 16.7 Å². The second kappa shape index (κ2) is 5.74. The molecule has 0 spiro atoms. The van der Waals surface area contributed by atoms with E-state index in [1.165, 1.54) is 6.42 Å². The Morgan fingerprint density at radius 2 is 2.00 bits per heavy atom. The number of nitriles is 1. The van der Waals surface area contributed by atoms with Gasteiger partial charge < -0.3 is 10.0 Å². The molecule has 1 fully saturated rings. The lowest BCUT2D eigenvalue weighted by Crippen LogP contribution is -2.46. The summed E-state index contributed by atoms with van der Waals surface area (Å²) in [5.41, 5.74) is 1.13. The number of phenols is 1. The van der Waals surface area contributed by atoms with Crippen molar-refractivity contribution in [1.82, 2.24) is 4.90 Å². The second-order valence-corrected chi connectivity index (χ2v) is 4.61. The van der Waals surface area contributed by atoms with Gasteiger partial charge in [-0.3, -0.25) is 4.90 Å². The Hall–Kier alpha value is -1.73. The van der Waals surface area contributed by atoms with Crippen molar-refractivity contribution < 1.29 is 5.11 Å². The minimum Gasteiger partial charge on any atom is -0.504 e. The van der Waals surface area contributed by atoms with E-state index >= 15 is 0 Å². The Morgan fingerprint density at radius 1 is 1.28 bits per heavy atom. The molecule has 2 rings (SSSR count). The third-order valence-electron chi connectivity index (χ3n) is 3.39. The quantitative estimate of drug-likeness (QED) is 0.882. The number of phenolic OH excluding ortho intramolecular Hbond substituents is 1. The monoisotopic (exact) mass is 245 g/mol. The molecule has 96 valence electrons. The van der Waals surface area contributed by atoms with Gasteiger partial charge in [-0.2, -0.15) is 5.26 Å². The fourth-order valence-electron chi connectivity index (χ4n) is 2.41. The molecular formula is C14H19N3O. The smallest absolute Gasteiger partial charge is 0.156 e. The first-order chi connectivity index (χ1) is 8.76. The van der Waals surface area contributed by atoms with E-state index in [0.717, 1.165) is 38.4 Å².